The molecular weight excluding hydrogens is 310 g/mol. The molecule has 0 saturated carbocycles. The smallest absolute Gasteiger partial charge is 0.126 e. The summed E-state index contributed by atoms with van der Waals surface area (Å²) in [6.07, 6.45) is 4.40. The Morgan fingerprint density at radius 2 is 1.64 bits per heavy atom. The lowest BCUT2D eigenvalue weighted by Gasteiger charge is -2.38. The Kier molecular flexibility index (Phi) is 4.39. The predicted octanol–water partition coefficient (Wildman–Crippen LogP) is 4.66. The highest BCUT2D eigenvalue weighted by molar-refractivity contribution is 5.79. The number of benzene rings is 2. The van der Waals surface area contributed by atoms with Gasteiger partial charge >= 0.3 is 0 Å². The predicted molar refractivity (Wildman–Crippen MR) is 101 cm³/mol. The lowest BCUT2D eigenvalue weighted by molar-refractivity contribution is 0.305. The van der Waals surface area contributed by atoms with Crippen molar-refractivity contribution in [1.82, 2.24) is 4.90 Å². The van der Waals surface area contributed by atoms with Crippen LogP contribution in [0, 0.1) is 0 Å². The highest BCUT2D eigenvalue weighted by atomic mass is 16.5. The first-order valence-corrected chi connectivity index (χ1v) is 9.07. The molecule has 0 bridgehead atoms. The molecule has 1 aliphatic carbocycles. The van der Waals surface area contributed by atoms with Gasteiger partial charge in [0.2, 0.25) is 0 Å². The van der Waals surface area contributed by atoms with Crippen LogP contribution in [0.5, 0.6) is 11.5 Å². The Balaban J connectivity index is 1.76. The van der Waals surface area contributed by atoms with E-state index in [4.69, 9.17) is 9.47 Å². The maximum Gasteiger partial charge on any atom is 0.126 e. The number of rotatable bonds is 4. The molecule has 130 valence electrons. The van der Waals surface area contributed by atoms with E-state index in [1.807, 2.05) is 12.1 Å². The Morgan fingerprint density at radius 1 is 0.880 bits per heavy atom. The second-order valence-corrected chi connectivity index (χ2v) is 6.76. The standard InChI is InChI=1S/C22H25NO2/c1-24-20-12-13-21(25-2)22-17-9-6-14-23(19(17)11-10-18(20)22)15-16-7-4-3-5-8-16/h3-5,7-8,12-13H,6,9-11,14-15H2,1-2H3. The van der Waals surface area contributed by atoms with E-state index in [1.165, 1.54) is 34.4 Å². The topological polar surface area (TPSA) is 21.7 Å². The maximum absolute atomic E-state index is 5.71. The summed E-state index contributed by atoms with van der Waals surface area (Å²) in [5.41, 5.74) is 6.91. The van der Waals surface area contributed by atoms with Crippen molar-refractivity contribution >= 4 is 5.57 Å². The summed E-state index contributed by atoms with van der Waals surface area (Å²) in [5.74, 6) is 1.96. The lowest BCUT2D eigenvalue weighted by Crippen LogP contribution is -2.30. The van der Waals surface area contributed by atoms with Crippen LogP contribution in [0.15, 0.2) is 48.2 Å². The fourth-order valence-corrected chi connectivity index (χ4v) is 4.26. The Hall–Kier alpha value is -2.42. The molecule has 0 fully saturated rings. The van der Waals surface area contributed by atoms with Crippen molar-refractivity contribution in [3.8, 4) is 11.5 Å². The van der Waals surface area contributed by atoms with Crippen molar-refractivity contribution in [1.29, 1.82) is 0 Å². The van der Waals surface area contributed by atoms with Crippen LogP contribution in [0.1, 0.15) is 36.0 Å². The monoisotopic (exact) mass is 335 g/mol. The molecule has 0 aromatic heterocycles. The molecule has 2 aromatic carbocycles. The quantitative estimate of drug-likeness (QED) is 0.811. The van der Waals surface area contributed by atoms with Gasteiger partial charge < -0.3 is 14.4 Å². The van der Waals surface area contributed by atoms with Crippen LogP contribution in [0.25, 0.3) is 5.57 Å². The van der Waals surface area contributed by atoms with Gasteiger partial charge in [0.1, 0.15) is 11.5 Å². The molecule has 1 heterocycles. The van der Waals surface area contributed by atoms with Gasteiger partial charge in [-0.2, -0.15) is 0 Å². The summed E-state index contributed by atoms with van der Waals surface area (Å²) in [5, 5.41) is 0. The zero-order valence-electron chi connectivity index (χ0n) is 15.0. The average Bonchev–Trinajstić information content (AvgIpc) is 2.67. The van der Waals surface area contributed by atoms with E-state index in [1.54, 1.807) is 14.2 Å². The van der Waals surface area contributed by atoms with E-state index < -0.39 is 0 Å². The molecule has 2 aliphatic rings. The maximum atomic E-state index is 5.71. The van der Waals surface area contributed by atoms with Crippen LogP contribution in [0.2, 0.25) is 0 Å². The van der Waals surface area contributed by atoms with Crippen LogP contribution < -0.4 is 9.47 Å². The third-order valence-electron chi connectivity index (χ3n) is 5.39. The summed E-state index contributed by atoms with van der Waals surface area (Å²) in [6, 6.07) is 14.8. The fourth-order valence-electron chi connectivity index (χ4n) is 4.26. The fraction of sp³-hybridized carbons (Fsp3) is 0.364. The summed E-state index contributed by atoms with van der Waals surface area (Å²) < 4.78 is 11.3. The van der Waals surface area contributed by atoms with Crippen LogP contribution in [0.4, 0.5) is 0 Å². The summed E-state index contributed by atoms with van der Waals surface area (Å²) in [4.78, 5) is 2.57. The van der Waals surface area contributed by atoms with Crippen molar-refractivity contribution in [2.24, 2.45) is 0 Å². The number of hydrogen-bond acceptors (Lipinski definition) is 3. The van der Waals surface area contributed by atoms with E-state index in [0.717, 1.165) is 43.9 Å². The molecule has 0 amide bonds. The number of hydrogen-bond donors (Lipinski definition) is 0. The molecule has 0 saturated heterocycles. The number of ether oxygens (including phenoxy) is 2. The van der Waals surface area contributed by atoms with Gasteiger partial charge in [-0.3, -0.25) is 0 Å². The van der Waals surface area contributed by atoms with Gasteiger partial charge in [0.05, 0.1) is 14.2 Å². The average molecular weight is 335 g/mol. The number of allylic oxidation sites excluding steroid dienone is 2. The van der Waals surface area contributed by atoms with Gasteiger partial charge in [0, 0.05) is 29.9 Å². The van der Waals surface area contributed by atoms with E-state index in [2.05, 4.69) is 35.2 Å². The molecule has 1 aliphatic heterocycles. The van der Waals surface area contributed by atoms with Crippen molar-refractivity contribution in [3.63, 3.8) is 0 Å². The molecule has 3 heteroatoms. The number of fused-ring (bicyclic) bond motifs is 2. The van der Waals surface area contributed by atoms with Crippen molar-refractivity contribution in [2.75, 3.05) is 20.8 Å². The van der Waals surface area contributed by atoms with E-state index in [9.17, 15) is 0 Å². The summed E-state index contributed by atoms with van der Waals surface area (Å²) in [7, 11) is 3.52. The third-order valence-corrected chi connectivity index (χ3v) is 5.39. The summed E-state index contributed by atoms with van der Waals surface area (Å²) >= 11 is 0. The molecule has 0 unspecified atom stereocenters. The van der Waals surface area contributed by atoms with Crippen molar-refractivity contribution in [3.05, 3.63) is 64.9 Å². The first-order valence-electron chi connectivity index (χ1n) is 9.07. The SMILES string of the molecule is COc1ccc(OC)c2c1CCC1=C2CCCN1Cc1ccccc1. The molecule has 3 nitrogen and oxygen atoms in total. The Labute approximate surface area is 149 Å². The highest BCUT2D eigenvalue weighted by Crippen LogP contribution is 2.46. The number of nitrogens with zero attached hydrogens (tertiary/aromatic N) is 1. The molecule has 4 rings (SSSR count). The molecule has 0 N–H and O–H groups in total. The summed E-state index contributed by atoms with van der Waals surface area (Å²) in [6.45, 7) is 2.12. The van der Waals surface area contributed by atoms with Gasteiger partial charge in [-0.05, 0) is 49.0 Å². The minimum absolute atomic E-state index is 0.976. The highest BCUT2D eigenvalue weighted by Gasteiger charge is 2.30. The minimum atomic E-state index is 0.976. The Morgan fingerprint density at radius 3 is 2.40 bits per heavy atom. The Bertz CT molecular complexity index is 795. The van der Waals surface area contributed by atoms with Crippen LogP contribution in [0.3, 0.4) is 0 Å². The lowest BCUT2D eigenvalue weighted by atomic mass is 9.82. The van der Waals surface area contributed by atoms with Gasteiger partial charge in [0.25, 0.3) is 0 Å². The molecular formula is C22H25NO2. The van der Waals surface area contributed by atoms with Crippen LogP contribution in [-0.4, -0.2) is 25.7 Å². The largest absolute Gasteiger partial charge is 0.496 e. The normalized spacial score (nSPS) is 16.3. The zero-order chi connectivity index (χ0) is 17.2. The minimum Gasteiger partial charge on any atom is -0.496 e. The molecule has 0 atom stereocenters. The van der Waals surface area contributed by atoms with Crippen LogP contribution in [-0.2, 0) is 13.0 Å². The second-order valence-electron chi connectivity index (χ2n) is 6.76. The molecule has 25 heavy (non-hydrogen) atoms. The molecule has 2 aromatic rings. The van der Waals surface area contributed by atoms with E-state index in [0.29, 0.717) is 0 Å². The first-order chi connectivity index (χ1) is 12.3. The third kappa shape index (κ3) is 2.88. The molecule has 0 spiro atoms. The zero-order valence-corrected chi connectivity index (χ0v) is 15.0. The van der Waals surface area contributed by atoms with Gasteiger partial charge in [-0.25, -0.2) is 0 Å². The van der Waals surface area contributed by atoms with Crippen molar-refractivity contribution < 1.29 is 9.47 Å². The van der Waals surface area contributed by atoms with Crippen molar-refractivity contribution in [2.45, 2.75) is 32.2 Å². The van der Waals surface area contributed by atoms with E-state index >= 15 is 0 Å². The van der Waals surface area contributed by atoms with Gasteiger partial charge in [0.15, 0.2) is 0 Å². The van der Waals surface area contributed by atoms with Gasteiger partial charge in [-0.15, -0.1) is 0 Å². The van der Waals surface area contributed by atoms with E-state index in [-0.39, 0.29) is 0 Å². The number of methoxy groups -OCH3 is 2. The first kappa shape index (κ1) is 16.1. The van der Waals surface area contributed by atoms with Crippen LogP contribution >= 0.6 is 0 Å². The molecule has 0 radical (unpaired) electrons. The second kappa shape index (κ2) is 6.83. The van der Waals surface area contributed by atoms with Gasteiger partial charge in [-0.1, -0.05) is 30.3 Å².